The van der Waals surface area contributed by atoms with Crippen LogP contribution in [-0.2, 0) is 9.47 Å². The van der Waals surface area contributed by atoms with Gasteiger partial charge in [0.2, 0.25) is 0 Å². The fourth-order valence-electron chi connectivity index (χ4n) is 2.89. The number of carbonyl (C=O) groups is 2. The molecule has 0 unspecified atom stereocenters. The van der Waals surface area contributed by atoms with Gasteiger partial charge in [0.15, 0.2) is 6.61 Å². The van der Waals surface area contributed by atoms with Gasteiger partial charge in [0.25, 0.3) is 0 Å². The van der Waals surface area contributed by atoms with E-state index in [1.807, 2.05) is 6.92 Å². The molecule has 4 heteroatoms. The van der Waals surface area contributed by atoms with Crippen molar-refractivity contribution in [1.82, 2.24) is 0 Å². The average Bonchev–Trinajstić information content (AvgIpc) is 2.74. The van der Waals surface area contributed by atoms with Crippen molar-refractivity contribution in [3.8, 4) is 11.8 Å². The summed E-state index contributed by atoms with van der Waals surface area (Å²) in [5.74, 6) is 4.90. The largest absolute Gasteiger partial charge is 0.462 e. The Morgan fingerprint density at radius 2 is 1.28 bits per heavy atom. The number of ether oxygens (including phenoxy) is 2. The Morgan fingerprint density at radius 1 is 0.724 bits per heavy atom. The molecule has 0 aromatic heterocycles. The van der Waals surface area contributed by atoms with Crippen molar-refractivity contribution < 1.29 is 19.1 Å². The van der Waals surface area contributed by atoms with E-state index in [-0.39, 0.29) is 17.7 Å². The van der Waals surface area contributed by atoms with E-state index in [4.69, 9.17) is 9.47 Å². The van der Waals surface area contributed by atoms with E-state index < -0.39 is 11.9 Å². The minimum Gasteiger partial charge on any atom is -0.462 e. The first-order chi connectivity index (χ1) is 14.2. The molecule has 1 rings (SSSR count). The predicted octanol–water partition coefficient (Wildman–Crippen LogP) is 6.33. The van der Waals surface area contributed by atoms with Gasteiger partial charge in [0.05, 0.1) is 17.7 Å². The Hall–Kier alpha value is -2.28. The van der Waals surface area contributed by atoms with Gasteiger partial charge in [-0.25, -0.2) is 9.59 Å². The monoisotopic (exact) mass is 400 g/mol. The van der Waals surface area contributed by atoms with Gasteiger partial charge in [-0.1, -0.05) is 89.2 Å². The van der Waals surface area contributed by atoms with Crippen LogP contribution in [-0.4, -0.2) is 25.2 Å². The van der Waals surface area contributed by atoms with Crippen LogP contribution >= 0.6 is 0 Å². The number of hydrogen-bond acceptors (Lipinski definition) is 4. The summed E-state index contributed by atoms with van der Waals surface area (Å²) in [6.45, 7) is 4.64. The van der Waals surface area contributed by atoms with Gasteiger partial charge < -0.3 is 9.47 Å². The molecule has 0 amide bonds. The van der Waals surface area contributed by atoms with Gasteiger partial charge in [0, 0.05) is 6.42 Å². The van der Waals surface area contributed by atoms with Crippen LogP contribution in [0.1, 0.15) is 105 Å². The standard InChI is InChI=1S/C25H36O4/c1-3-5-7-8-9-10-11-12-13-14-17-21-29-25(27)23-19-16-15-18-22(23)24(26)28-20-6-4-2/h15-16,18-19H,3-13,20-21H2,1-2H3. The number of carbonyl (C=O) groups excluding carboxylic acids is 2. The highest BCUT2D eigenvalue weighted by Crippen LogP contribution is 2.12. The van der Waals surface area contributed by atoms with Crippen LogP contribution in [0.2, 0.25) is 0 Å². The Morgan fingerprint density at radius 3 is 1.90 bits per heavy atom. The quantitative estimate of drug-likeness (QED) is 0.208. The third-order valence-corrected chi connectivity index (χ3v) is 4.65. The molecule has 0 aliphatic carbocycles. The summed E-state index contributed by atoms with van der Waals surface area (Å²) in [4.78, 5) is 24.4. The number of rotatable bonds is 14. The number of esters is 2. The first kappa shape index (κ1) is 24.8. The SMILES string of the molecule is CCCCCCCCCCC#CCOC(=O)c1ccccc1C(=O)OCCCC. The Bertz CT molecular complexity index is 654. The first-order valence-corrected chi connectivity index (χ1v) is 11.1. The van der Waals surface area contributed by atoms with Gasteiger partial charge in [0.1, 0.15) is 0 Å². The highest BCUT2D eigenvalue weighted by atomic mass is 16.5. The highest BCUT2D eigenvalue weighted by Gasteiger charge is 2.18. The van der Waals surface area contributed by atoms with E-state index in [1.165, 1.54) is 44.9 Å². The Balaban J connectivity index is 2.29. The minimum absolute atomic E-state index is 0.0368. The molecule has 0 fully saturated rings. The fraction of sp³-hybridized carbons (Fsp3) is 0.600. The third-order valence-electron chi connectivity index (χ3n) is 4.65. The second-order valence-electron chi connectivity index (χ2n) is 7.19. The lowest BCUT2D eigenvalue weighted by Gasteiger charge is -2.08. The lowest BCUT2D eigenvalue weighted by molar-refractivity contribution is 0.0473. The van der Waals surface area contributed by atoms with Crippen molar-refractivity contribution in [2.75, 3.05) is 13.2 Å². The maximum absolute atomic E-state index is 12.3. The second-order valence-corrected chi connectivity index (χ2v) is 7.19. The average molecular weight is 401 g/mol. The zero-order valence-electron chi connectivity index (χ0n) is 18.1. The molecule has 1 aromatic rings. The van der Waals surface area contributed by atoms with Gasteiger partial charge >= 0.3 is 11.9 Å². The molecule has 0 N–H and O–H groups in total. The molecular weight excluding hydrogens is 364 g/mol. The van der Waals surface area contributed by atoms with Gasteiger partial charge in [-0.15, -0.1) is 0 Å². The molecule has 0 aliphatic heterocycles. The zero-order chi connectivity index (χ0) is 21.2. The number of unbranched alkanes of at least 4 members (excludes halogenated alkanes) is 9. The van der Waals surface area contributed by atoms with Crippen molar-refractivity contribution in [3.63, 3.8) is 0 Å². The van der Waals surface area contributed by atoms with Gasteiger partial charge in [-0.2, -0.15) is 0 Å². The summed E-state index contributed by atoms with van der Waals surface area (Å²) in [5.41, 5.74) is 0.458. The molecule has 29 heavy (non-hydrogen) atoms. The van der Waals surface area contributed by atoms with Crippen LogP contribution < -0.4 is 0 Å². The van der Waals surface area contributed by atoms with E-state index in [9.17, 15) is 9.59 Å². The molecule has 0 saturated heterocycles. The molecule has 0 bridgehead atoms. The lowest BCUT2D eigenvalue weighted by Crippen LogP contribution is -2.14. The fourth-order valence-corrected chi connectivity index (χ4v) is 2.89. The number of benzene rings is 1. The van der Waals surface area contributed by atoms with Crippen LogP contribution in [0, 0.1) is 11.8 Å². The van der Waals surface area contributed by atoms with Crippen LogP contribution in [0.15, 0.2) is 24.3 Å². The van der Waals surface area contributed by atoms with E-state index >= 15 is 0 Å². The van der Waals surface area contributed by atoms with Crippen LogP contribution in [0.25, 0.3) is 0 Å². The molecule has 0 spiro atoms. The van der Waals surface area contributed by atoms with E-state index in [2.05, 4.69) is 18.8 Å². The Kier molecular flexibility index (Phi) is 14.2. The van der Waals surface area contributed by atoms with Crippen molar-refractivity contribution in [3.05, 3.63) is 35.4 Å². The van der Waals surface area contributed by atoms with Gasteiger partial charge in [-0.05, 0) is 25.0 Å². The van der Waals surface area contributed by atoms with E-state index in [0.29, 0.717) is 6.61 Å². The van der Waals surface area contributed by atoms with E-state index in [1.54, 1.807) is 24.3 Å². The molecule has 0 radical (unpaired) electrons. The summed E-state index contributed by atoms with van der Waals surface area (Å²) < 4.78 is 10.4. The predicted molar refractivity (Wildman–Crippen MR) is 117 cm³/mol. The summed E-state index contributed by atoms with van der Waals surface area (Å²) in [7, 11) is 0. The molecule has 0 saturated carbocycles. The maximum atomic E-state index is 12.3. The van der Waals surface area contributed by atoms with Crippen LogP contribution in [0.5, 0.6) is 0 Å². The summed E-state index contributed by atoms with van der Waals surface area (Å²) in [6.07, 6.45) is 12.7. The molecule has 1 aromatic carbocycles. The maximum Gasteiger partial charge on any atom is 0.339 e. The Labute approximate surface area is 176 Å². The minimum atomic E-state index is -0.547. The van der Waals surface area contributed by atoms with Crippen LogP contribution in [0.4, 0.5) is 0 Å². The number of hydrogen-bond donors (Lipinski definition) is 0. The van der Waals surface area contributed by atoms with Crippen molar-refractivity contribution in [2.24, 2.45) is 0 Å². The first-order valence-electron chi connectivity index (χ1n) is 11.1. The van der Waals surface area contributed by atoms with Gasteiger partial charge in [-0.3, -0.25) is 0 Å². The molecule has 0 heterocycles. The third kappa shape index (κ3) is 11.3. The highest BCUT2D eigenvalue weighted by molar-refractivity contribution is 6.03. The molecule has 160 valence electrons. The summed E-state index contributed by atoms with van der Waals surface area (Å²) in [5, 5.41) is 0. The summed E-state index contributed by atoms with van der Waals surface area (Å²) >= 11 is 0. The topological polar surface area (TPSA) is 52.6 Å². The molecule has 0 atom stereocenters. The van der Waals surface area contributed by atoms with Crippen LogP contribution in [0.3, 0.4) is 0 Å². The normalized spacial score (nSPS) is 10.1. The van der Waals surface area contributed by atoms with Crippen molar-refractivity contribution in [2.45, 2.75) is 84.5 Å². The van der Waals surface area contributed by atoms with Crippen molar-refractivity contribution in [1.29, 1.82) is 0 Å². The summed E-state index contributed by atoms with van der Waals surface area (Å²) in [6, 6.07) is 6.57. The zero-order valence-corrected chi connectivity index (χ0v) is 18.1. The smallest absolute Gasteiger partial charge is 0.339 e. The molecule has 4 nitrogen and oxygen atoms in total. The van der Waals surface area contributed by atoms with E-state index in [0.717, 1.165) is 25.7 Å². The molecule has 0 aliphatic rings. The second kappa shape index (κ2) is 16.7. The van der Waals surface area contributed by atoms with Crippen molar-refractivity contribution >= 4 is 11.9 Å². The molecular formula is C25H36O4. The lowest BCUT2D eigenvalue weighted by atomic mass is 10.1.